The molecule has 82 valence electrons. The molecule has 0 bridgehead atoms. The van der Waals surface area contributed by atoms with Crippen LogP contribution in [0.25, 0.3) is 0 Å². The molecule has 0 saturated heterocycles. The lowest BCUT2D eigenvalue weighted by molar-refractivity contribution is -0.143. The molecule has 0 N–H and O–H groups in total. The van der Waals surface area contributed by atoms with Crippen molar-refractivity contribution in [3.05, 3.63) is 12.2 Å². The molecule has 7 heteroatoms. The number of carbonyl (C=O) groups excluding carboxylic acids is 1. The molecular weight excluding hydrogens is 216 g/mol. The molecule has 0 saturated carbocycles. The van der Waals surface area contributed by atoms with Crippen LogP contribution in [0, 0.1) is 0 Å². The van der Waals surface area contributed by atoms with Crippen LogP contribution in [0.2, 0.25) is 0 Å². The Morgan fingerprint density at radius 2 is 2.47 bits per heavy atom. The van der Waals surface area contributed by atoms with E-state index in [0.29, 0.717) is 5.16 Å². The van der Waals surface area contributed by atoms with E-state index in [4.69, 9.17) is 4.74 Å². The van der Waals surface area contributed by atoms with Crippen molar-refractivity contribution in [2.24, 2.45) is 0 Å². The predicted molar refractivity (Wildman–Crippen MR) is 55.4 cm³/mol. The van der Waals surface area contributed by atoms with Gasteiger partial charge in [-0.2, -0.15) is 0 Å². The number of rotatable bonds is 5. The number of aromatic nitrogens is 4. The van der Waals surface area contributed by atoms with Crippen molar-refractivity contribution < 1.29 is 9.53 Å². The molecule has 0 spiro atoms. The van der Waals surface area contributed by atoms with Crippen LogP contribution in [0.3, 0.4) is 0 Å². The first kappa shape index (κ1) is 11.7. The average Bonchev–Trinajstić information content (AvgIpc) is 2.65. The highest BCUT2D eigenvalue weighted by Crippen LogP contribution is 2.07. The first-order valence-corrected chi connectivity index (χ1v) is 5.57. The summed E-state index contributed by atoms with van der Waals surface area (Å²) in [5.41, 5.74) is 0. The molecule has 1 aromatic rings. The predicted octanol–water partition coefficient (Wildman–Crippen LogP) is 0.514. The number of esters is 1. The van der Waals surface area contributed by atoms with Gasteiger partial charge in [-0.3, -0.25) is 4.79 Å². The van der Waals surface area contributed by atoms with Crippen LogP contribution in [0.4, 0.5) is 0 Å². The highest BCUT2D eigenvalue weighted by Gasteiger charge is 2.09. The first-order chi connectivity index (χ1) is 7.27. The van der Waals surface area contributed by atoms with E-state index in [9.17, 15) is 4.79 Å². The van der Waals surface area contributed by atoms with Crippen LogP contribution in [-0.2, 0) is 16.1 Å². The van der Waals surface area contributed by atoms with E-state index in [1.54, 1.807) is 6.08 Å². The van der Waals surface area contributed by atoms with Crippen LogP contribution < -0.4 is 0 Å². The van der Waals surface area contributed by atoms with Crippen molar-refractivity contribution in [1.82, 2.24) is 20.2 Å². The molecule has 1 heterocycles. The lowest BCUT2D eigenvalue weighted by Gasteiger charge is -2.02. The monoisotopic (exact) mass is 228 g/mol. The van der Waals surface area contributed by atoms with Crippen molar-refractivity contribution in [3.8, 4) is 0 Å². The van der Waals surface area contributed by atoms with Crippen molar-refractivity contribution in [1.29, 1.82) is 0 Å². The van der Waals surface area contributed by atoms with E-state index < -0.39 is 0 Å². The van der Waals surface area contributed by atoms with Crippen molar-refractivity contribution >= 4 is 17.7 Å². The zero-order valence-corrected chi connectivity index (χ0v) is 9.40. The van der Waals surface area contributed by atoms with Gasteiger partial charge in [-0.1, -0.05) is 23.9 Å². The number of tetrazole rings is 1. The minimum Gasteiger partial charge on any atom is -0.460 e. The Bertz CT molecular complexity index is 350. The normalized spacial score (nSPS) is 10.8. The summed E-state index contributed by atoms with van der Waals surface area (Å²) in [4.78, 5) is 11.3. The minimum atomic E-state index is -0.351. The van der Waals surface area contributed by atoms with Gasteiger partial charge in [0, 0.05) is 0 Å². The Morgan fingerprint density at radius 1 is 1.67 bits per heavy atom. The second kappa shape index (κ2) is 6.18. The fourth-order valence-electron chi connectivity index (χ4n) is 0.847. The van der Waals surface area contributed by atoms with Gasteiger partial charge < -0.3 is 4.74 Å². The Balaban J connectivity index is 2.44. The molecule has 0 atom stereocenters. The zero-order valence-electron chi connectivity index (χ0n) is 8.58. The number of allylic oxidation sites excluding steroid dienone is 1. The molecule has 0 aliphatic heterocycles. The molecule has 0 aliphatic rings. The van der Waals surface area contributed by atoms with Crippen molar-refractivity contribution in [2.45, 2.75) is 18.6 Å². The molecule has 1 rings (SSSR count). The van der Waals surface area contributed by atoms with E-state index >= 15 is 0 Å². The number of ether oxygens (including phenoxy) is 1. The number of hydrogen-bond acceptors (Lipinski definition) is 6. The molecule has 6 nitrogen and oxygen atoms in total. The quantitative estimate of drug-likeness (QED) is 0.415. The van der Waals surface area contributed by atoms with Gasteiger partial charge in [0.2, 0.25) is 5.16 Å². The maximum Gasteiger partial charge on any atom is 0.328 e. The molecule has 0 amide bonds. The first-order valence-electron chi connectivity index (χ1n) is 4.35. The smallest absolute Gasteiger partial charge is 0.328 e. The molecule has 0 radical (unpaired) electrons. The third-order valence-electron chi connectivity index (χ3n) is 1.54. The summed E-state index contributed by atoms with van der Waals surface area (Å²) < 4.78 is 6.31. The zero-order chi connectivity index (χ0) is 11.1. The van der Waals surface area contributed by atoms with Crippen molar-refractivity contribution in [3.63, 3.8) is 0 Å². The Morgan fingerprint density at radius 3 is 3.13 bits per heavy atom. The Kier molecular flexibility index (Phi) is 4.82. The molecule has 0 aromatic carbocycles. The molecule has 0 fully saturated rings. The van der Waals surface area contributed by atoms with Crippen LogP contribution >= 0.6 is 11.8 Å². The summed E-state index contributed by atoms with van der Waals surface area (Å²) in [6.07, 6.45) is 5.41. The maximum absolute atomic E-state index is 11.3. The largest absolute Gasteiger partial charge is 0.460 e. The standard InChI is InChI=1S/C8H12N4O2S/c1-3-4-5-14-7(13)6-12-8(15-2)9-10-11-12/h3-4H,5-6H2,1-2H3/b4-3+. The number of nitrogens with zero attached hydrogens (tertiary/aromatic N) is 4. The molecule has 15 heavy (non-hydrogen) atoms. The number of carbonyl (C=O) groups is 1. The van der Waals surface area contributed by atoms with Crippen LogP contribution in [0.1, 0.15) is 6.92 Å². The van der Waals surface area contributed by atoms with Gasteiger partial charge in [-0.25, -0.2) is 4.68 Å². The average molecular weight is 228 g/mol. The summed E-state index contributed by atoms with van der Waals surface area (Å²) >= 11 is 1.38. The molecular formula is C8H12N4O2S. The van der Waals surface area contributed by atoms with E-state index in [1.165, 1.54) is 16.4 Å². The Hall–Kier alpha value is -1.37. The SMILES string of the molecule is C/C=C/COC(=O)Cn1nnnc1SC. The number of thioether (sulfide) groups is 1. The molecule has 0 unspecified atom stereocenters. The maximum atomic E-state index is 11.3. The lowest BCUT2D eigenvalue weighted by Crippen LogP contribution is -2.15. The van der Waals surface area contributed by atoms with Gasteiger partial charge in [-0.05, 0) is 23.6 Å². The van der Waals surface area contributed by atoms with Crippen molar-refractivity contribution in [2.75, 3.05) is 12.9 Å². The van der Waals surface area contributed by atoms with Gasteiger partial charge in [0.1, 0.15) is 13.2 Å². The van der Waals surface area contributed by atoms with Crippen LogP contribution in [0.15, 0.2) is 17.3 Å². The highest BCUT2D eigenvalue weighted by atomic mass is 32.2. The summed E-state index contributed by atoms with van der Waals surface area (Å²) in [6, 6.07) is 0. The van der Waals surface area contributed by atoms with E-state index in [0.717, 1.165) is 0 Å². The van der Waals surface area contributed by atoms with Gasteiger partial charge in [0.15, 0.2) is 0 Å². The van der Waals surface area contributed by atoms with Crippen LogP contribution in [-0.4, -0.2) is 39.0 Å². The van der Waals surface area contributed by atoms with Crippen LogP contribution in [0.5, 0.6) is 0 Å². The van der Waals surface area contributed by atoms with Gasteiger partial charge in [-0.15, -0.1) is 5.10 Å². The highest BCUT2D eigenvalue weighted by molar-refractivity contribution is 7.98. The molecule has 0 aliphatic carbocycles. The van der Waals surface area contributed by atoms with E-state index in [1.807, 2.05) is 19.3 Å². The summed E-state index contributed by atoms with van der Waals surface area (Å²) in [7, 11) is 0. The third kappa shape index (κ3) is 3.70. The second-order valence-electron chi connectivity index (χ2n) is 2.58. The van der Waals surface area contributed by atoms with E-state index in [-0.39, 0.29) is 19.1 Å². The minimum absolute atomic E-state index is 0.0424. The fraction of sp³-hybridized carbons (Fsp3) is 0.500. The number of hydrogen-bond donors (Lipinski definition) is 0. The Labute approximate surface area is 91.7 Å². The summed E-state index contributed by atoms with van der Waals surface area (Å²) in [5.74, 6) is -0.351. The lowest BCUT2D eigenvalue weighted by atomic mass is 10.5. The van der Waals surface area contributed by atoms with Gasteiger partial charge in [0.25, 0.3) is 0 Å². The third-order valence-corrected chi connectivity index (χ3v) is 2.19. The topological polar surface area (TPSA) is 69.9 Å². The molecule has 1 aromatic heterocycles. The summed E-state index contributed by atoms with van der Waals surface area (Å²) in [5, 5.41) is 11.5. The van der Waals surface area contributed by atoms with Gasteiger partial charge >= 0.3 is 5.97 Å². The second-order valence-corrected chi connectivity index (χ2v) is 3.35. The summed E-state index contributed by atoms with van der Waals surface area (Å²) in [6.45, 7) is 2.19. The van der Waals surface area contributed by atoms with E-state index in [2.05, 4.69) is 15.5 Å². The van der Waals surface area contributed by atoms with Gasteiger partial charge in [0.05, 0.1) is 0 Å². The fourth-order valence-corrected chi connectivity index (χ4v) is 1.28.